The van der Waals surface area contributed by atoms with E-state index in [1.54, 1.807) is 23.1 Å². The fourth-order valence-electron chi connectivity index (χ4n) is 4.92. The van der Waals surface area contributed by atoms with Gasteiger partial charge in [0, 0.05) is 36.1 Å². The molecule has 3 N–H and O–H groups in total. The Balaban J connectivity index is 0.000000164. The predicted octanol–water partition coefficient (Wildman–Crippen LogP) is 2.72. The number of aryl methyl sites for hydroxylation is 1. The number of furan rings is 1. The molecule has 5 amide bonds. The Morgan fingerprint density at radius 2 is 1.92 bits per heavy atom. The number of ether oxygens (including phenoxy) is 1. The Morgan fingerprint density at radius 1 is 1.14 bits per heavy atom. The molecule has 3 aliphatic rings. The standard InChI is InChI=1S/C15H13N3O4.C11H12FNO2/c1-6-10-7(2-3-16-13(10)19)4-8-5-9(22-12(6)8)11-14(20)18-15(21)17-11;1-3-13-6-7-4-5-8(15-2)10(12)9(7)11(13)14/h4-5,11H,2-3H2,1H3,(H,16,19)(H2,17,18,20,21);4-5H,3,6H2,1-2H3. The maximum Gasteiger partial charge on any atom is 0.322 e. The highest BCUT2D eigenvalue weighted by molar-refractivity contribution is 6.05. The van der Waals surface area contributed by atoms with Gasteiger partial charge in [0.25, 0.3) is 17.7 Å². The van der Waals surface area contributed by atoms with Gasteiger partial charge in [-0.2, -0.15) is 0 Å². The number of imide groups is 1. The van der Waals surface area contributed by atoms with E-state index < -0.39 is 23.8 Å². The minimum Gasteiger partial charge on any atom is -0.494 e. The number of fused-ring (bicyclic) bond motifs is 3. The van der Waals surface area contributed by atoms with Crippen molar-refractivity contribution in [2.75, 3.05) is 20.2 Å². The summed E-state index contributed by atoms with van der Waals surface area (Å²) in [5.74, 6) is -0.848. The quantitative estimate of drug-likeness (QED) is 0.467. The number of methoxy groups -OCH3 is 1. The molecule has 37 heavy (non-hydrogen) atoms. The molecule has 2 aromatic carbocycles. The number of hydrogen-bond donors (Lipinski definition) is 3. The van der Waals surface area contributed by atoms with Crippen LogP contribution in [-0.4, -0.2) is 48.9 Å². The summed E-state index contributed by atoms with van der Waals surface area (Å²) < 4.78 is 24.4. The lowest BCUT2D eigenvalue weighted by molar-refractivity contribution is -0.120. The molecule has 3 aromatic rings. The van der Waals surface area contributed by atoms with Crippen molar-refractivity contribution in [3.8, 4) is 5.75 Å². The first-order valence-corrected chi connectivity index (χ1v) is 11.8. The van der Waals surface area contributed by atoms with Crippen LogP contribution in [0.15, 0.2) is 28.7 Å². The van der Waals surface area contributed by atoms with Crippen LogP contribution in [0.4, 0.5) is 9.18 Å². The smallest absolute Gasteiger partial charge is 0.322 e. The van der Waals surface area contributed by atoms with Crippen molar-refractivity contribution in [2.45, 2.75) is 32.9 Å². The maximum absolute atomic E-state index is 13.8. The molecule has 1 unspecified atom stereocenters. The van der Waals surface area contributed by atoms with Crippen LogP contribution in [0.5, 0.6) is 5.75 Å². The molecule has 10 nitrogen and oxygen atoms in total. The van der Waals surface area contributed by atoms with E-state index in [1.807, 2.05) is 19.9 Å². The van der Waals surface area contributed by atoms with Crippen LogP contribution in [0.3, 0.4) is 0 Å². The normalized spacial score (nSPS) is 18.1. The number of nitrogens with one attached hydrogen (secondary N) is 3. The van der Waals surface area contributed by atoms with E-state index in [0.717, 1.165) is 28.5 Å². The lowest BCUT2D eigenvalue weighted by Crippen LogP contribution is -2.32. The number of carbonyl (C=O) groups excluding carboxylic acids is 4. The van der Waals surface area contributed by atoms with Crippen molar-refractivity contribution in [1.29, 1.82) is 0 Å². The summed E-state index contributed by atoms with van der Waals surface area (Å²) in [6, 6.07) is 5.59. The second kappa shape index (κ2) is 9.23. The van der Waals surface area contributed by atoms with E-state index in [2.05, 4.69) is 16.0 Å². The molecule has 6 rings (SSSR count). The van der Waals surface area contributed by atoms with Gasteiger partial charge in [0.1, 0.15) is 11.3 Å². The summed E-state index contributed by atoms with van der Waals surface area (Å²) in [5, 5.41) is 8.32. The molecule has 0 radical (unpaired) electrons. The Bertz CT molecular complexity index is 1480. The third kappa shape index (κ3) is 4.05. The Morgan fingerprint density at radius 3 is 2.59 bits per heavy atom. The van der Waals surface area contributed by atoms with Crippen LogP contribution < -0.4 is 20.7 Å². The Hall–Kier alpha value is -4.41. The number of urea groups is 1. The second-order valence-electron chi connectivity index (χ2n) is 8.94. The first-order chi connectivity index (χ1) is 17.7. The molecule has 192 valence electrons. The van der Waals surface area contributed by atoms with Crippen molar-refractivity contribution in [2.24, 2.45) is 0 Å². The molecule has 0 saturated carbocycles. The highest BCUT2D eigenvalue weighted by Crippen LogP contribution is 2.33. The highest BCUT2D eigenvalue weighted by atomic mass is 19.1. The molecule has 1 fully saturated rings. The number of halogens is 1. The Labute approximate surface area is 211 Å². The van der Waals surface area contributed by atoms with Gasteiger partial charge in [-0.3, -0.25) is 19.7 Å². The van der Waals surface area contributed by atoms with Crippen molar-refractivity contribution in [1.82, 2.24) is 20.9 Å². The molecule has 0 bridgehead atoms. The first kappa shape index (κ1) is 24.3. The fourth-order valence-corrected chi connectivity index (χ4v) is 4.92. The average molecular weight is 509 g/mol. The Kier molecular flexibility index (Phi) is 6.06. The highest BCUT2D eigenvalue weighted by Gasteiger charge is 2.34. The third-order valence-electron chi connectivity index (χ3n) is 6.77. The van der Waals surface area contributed by atoms with Gasteiger partial charge in [-0.1, -0.05) is 6.07 Å². The molecule has 11 heteroatoms. The summed E-state index contributed by atoms with van der Waals surface area (Å²) in [7, 11) is 1.39. The summed E-state index contributed by atoms with van der Waals surface area (Å²) in [6.07, 6.45) is 0.763. The largest absolute Gasteiger partial charge is 0.494 e. The van der Waals surface area contributed by atoms with E-state index in [4.69, 9.17) is 9.15 Å². The van der Waals surface area contributed by atoms with Crippen LogP contribution >= 0.6 is 0 Å². The van der Waals surface area contributed by atoms with E-state index in [1.165, 1.54) is 7.11 Å². The van der Waals surface area contributed by atoms with Gasteiger partial charge in [-0.15, -0.1) is 0 Å². The van der Waals surface area contributed by atoms with E-state index in [9.17, 15) is 23.6 Å². The van der Waals surface area contributed by atoms with Gasteiger partial charge in [0.2, 0.25) is 0 Å². The van der Waals surface area contributed by atoms with Gasteiger partial charge >= 0.3 is 6.03 Å². The van der Waals surface area contributed by atoms with Crippen LogP contribution in [0, 0.1) is 12.7 Å². The van der Waals surface area contributed by atoms with Gasteiger partial charge < -0.3 is 24.7 Å². The summed E-state index contributed by atoms with van der Waals surface area (Å²) in [4.78, 5) is 48.4. The number of benzene rings is 2. The zero-order valence-corrected chi connectivity index (χ0v) is 20.5. The van der Waals surface area contributed by atoms with Crippen LogP contribution in [0.25, 0.3) is 11.0 Å². The zero-order valence-electron chi connectivity index (χ0n) is 20.5. The lowest BCUT2D eigenvalue weighted by atomic mass is 9.94. The van der Waals surface area contributed by atoms with E-state index >= 15 is 0 Å². The molecular weight excluding hydrogens is 483 g/mol. The van der Waals surface area contributed by atoms with Crippen molar-refractivity contribution in [3.05, 3.63) is 63.7 Å². The average Bonchev–Trinajstić information content (AvgIpc) is 3.54. The molecule has 3 aliphatic heterocycles. The number of nitrogens with zero attached hydrogens (tertiary/aromatic N) is 1. The third-order valence-corrected chi connectivity index (χ3v) is 6.77. The molecule has 1 aromatic heterocycles. The first-order valence-electron chi connectivity index (χ1n) is 11.8. The van der Waals surface area contributed by atoms with Crippen molar-refractivity contribution >= 4 is 34.7 Å². The predicted molar refractivity (Wildman–Crippen MR) is 130 cm³/mol. The fraction of sp³-hybridized carbons (Fsp3) is 0.308. The number of hydrogen-bond acceptors (Lipinski definition) is 6. The molecule has 0 spiro atoms. The topological polar surface area (TPSA) is 130 Å². The molecular formula is C26H25FN4O6. The van der Waals surface area contributed by atoms with Crippen molar-refractivity contribution in [3.63, 3.8) is 0 Å². The minimum absolute atomic E-state index is 0.106. The SMILES string of the molecule is CCN1Cc2ccc(OC)c(F)c2C1=O.Cc1c2c(cc3cc(C4NC(=O)NC4=O)oc13)CCNC2=O. The van der Waals surface area contributed by atoms with Crippen LogP contribution in [0.1, 0.15) is 56.1 Å². The maximum atomic E-state index is 13.8. The van der Waals surface area contributed by atoms with Crippen LogP contribution in [-0.2, 0) is 17.8 Å². The van der Waals surface area contributed by atoms with Crippen LogP contribution in [0.2, 0.25) is 0 Å². The van der Waals surface area contributed by atoms with Crippen molar-refractivity contribution < 1.29 is 32.7 Å². The number of amides is 5. The molecule has 1 saturated heterocycles. The second-order valence-corrected chi connectivity index (χ2v) is 8.94. The summed E-state index contributed by atoms with van der Waals surface area (Å²) in [5.41, 5.74) is 3.83. The molecule has 4 heterocycles. The van der Waals surface area contributed by atoms with Gasteiger partial charge in [0.05, 0.1) is 12.7 Å². The molecule has 1 atom stereocenters. The summed E-state index contributed by atoms with van der Waals surface area (Å²) in [6.45, 7) is 5.40. The van der Waals surface area contributed by atoms with Gasteiger partial charge in [-0.05, 0) is 49.6 Å². The van der Waals surface area contributed by atoms with E-state index in [0.29, 0.717) is 36.5 Å². The van der Waals surface area contributed by atoms with Gasteiger partial charge in [-0.25, -0.2) is 9.18 Å². The monoisotopic (exact) mass is 508 g/mol. The number of carbonyl (C=O) groups is 4. The number of rotatable bonds is 3. The summed E-state index contributed by atoms with van der Waals surface area (Å²) >= 11 is 0. The van der Waals surface area contributed by atoms with Gasteiger partial charge in [0.15, 0.2) is 17.6 Å². The molecule has 0 aliphatic carbocycles. The zero-order chi connectivity index (χ0) is 26.4. The lowest BCUT2D eigenvalue weighted by Gasteiger charge is -2.18. The minimum atomic E-state index is -0.829. The van der Waals surface area contributed by atoms with E-state index in [-0.39, 0.29) is 23.1 Å².